The maximum absolute atomic E-state index is 11.6. The van der Waals surface area contributed by atoms with E-state index in [0.29, 0.717) is 5.92 Å². The number of hydrogen-bond donors (Lipinski definition) is 2. The number of hydrogen-bond acceptors (Lipinski definition) is 4. The van der Waals surface area contributed by atoms with Gasteiger partial charge >= 0.3 is 0 Å². The Morgan fingerprint density at radius 1 is 1.69 bits per heavy atom. The molecule has 1 aliphatic rings. The van der Waals surface area contributed by atoms with E-state index in [1.165, 1.54) is 0 Å². The lowest BCUT2D eigenvalue weighted by atomic mass is 10.1. The molecule has 1 unspecified atom stereocenters. The molecular weight excluding hydrogens is 208 g/mol. The second kappa shape index (κ2) is 5.69. The third-order valence-electron chi connectivity index (χ3n) is 2.91. The van der Waals surface area contributed by atoms with E-state index in [0.717, 1.165) is 26.1 Å². The van der Waals surface area contributed by atoms with E-state index in [9.17, 15) is 4.79 Å². The molecule has 3 N–H and O–H groups in total. The summed E-state index contributed by atoms with van der Waals surface area (Å²) in [6.45, 7) is 2.86. The van der Waals surface area contributed by atoms with Crippen LogP contribution in [0, 0.1) is 5.92 Å². The highest BCUT2D eigenvalue weighted by Gasteiger charge is 2.22. The molecule has 1 saturated heterocycles. The maximum atomic E-state index is 11.6. The molecule has 6 nitrogen and oxygen atoms in total. The molecular formula is C10H20N4O2. The highest BCUT2D eigenvalue weighted by Crippen LogP contribution is 2.15. The van der Waals surface area contributed by atoms with Crippen molar-refractivity contribution in [3.05, 3.63) is 0 Å². The third kappa shape index (κ3) is 3.69. The molecule has 0 aromatic heterocycles. The van der Waals surface area contributed by atoms with Gasteiger partial charge in [0.2, 0.25) is 5.91 Å². The third-order valence-corrected chi connectivity index (χ3v) is 2.91. The number of rotatable bonds is 4. The van der Waals surface area contributed by atoms with Crippen molar-refractivity contribution >= 4 is 11.7 Å². The van der Waals surface area contributed by atoms with Crippen molar-refractivity contribution in [1.29, 1.82) is 0 Å². The first-order valence-electron chi connectivity index (χ1n) is 5.41. The summed E-state index contributed by atoms with van der Waals surface area (Å²) in [7, 11) is 3.84. The zero-order chi connectivity index (χ0) is 12.1. The molecule has 1 amide bonds. The predicted molar refractivity (Wildman–Crippen MR) is 61.3 cm³/mol. The minimum absolute atomic E-state index is 0.0183. The Hall–Kier alpha value is -1.30. The lowest BCUT2D eigenvalue weighted by Gasteiger charge is -2.20. The normalized spacial score (nSPS) is 22.4. The van der Waals surface area contributed by atoms with Crippen LogP contribution in [0.1, 0.15) is 12.8 Å². The molecule has 0 saturated carbocycles. The summed E-state index contributed by atoms with van der Waals surface area (Å²) in [6.07, 6.45) is 1.10. The van der Waals surface area contributed by atoms with Gasteiger partial charge in [0.25, 0.3) is 0 Å². The summed E-state index contributed by atoms with van der Waals surface area (Å²) < 4.78 is 0. The Bertz CT molecular complexity index is 280. The molecule has 0 aromatic carbocycles. The van der Waals surface area contributed by atoms with Crippen molar-refractivity contribution in [3.63, 3.8) is 0 Å². The van der Waals surface area contributed by atoms with Crippen LogP contribution in [0.25, 0.3) is 0 Å². The molecule has 92 valence electrons. The lowest BCUT2D eigenvalue weighted by molar-refractivity contribution is -0.129. The first-order valence-corrected chi connectivity index (χ1v) is 5.41. The first-order chi connectivity index (χ1) is 7.52. The molecule has 0 radical (unpaired) electrons. The fourth-order valence-electron chi connectivity index (χ4n) is 1.99. The van der Waals surface area contributed by atoms with E-state index >= 15 is 0 Å². The van der Waals surface area contributed by atoms with Gasteiger partial charge in [-0.2, -0.15) is 0 Å². The average Bonchev–Trinajstić information content (AvgIpc) is 2.63. The van der Waals surface area contributed by atoms with Gasteiger partial charge < -0.3 is 20.7 Å². The molecule has 1 fully saturated rings. The Balaban J connectivity index is 2.34. The summed E-state index contributed by atoms with van der Waals surface area (Å²) >= 11 is 0. The van der Waals surface area contributed by atoms with Gasteiger partial charge in [-0.25, -0.2) is 0 Å². The highest BCUT2D eigenvalue weighted by atomic mass is 16.4. The Morgan fingerprint density at radius 3 is 2.88 bits per heavy atom. The average molecular weight is 228 g/mol. The first kappa shape index (κ1) is 12.8. The largest absolute Gasteiger partial charge is 0.409 e. The smallest absolute Gasteiger partial charge is 0.230 e. The van der Waals surface area contributed by atoms with Crippen molar-refractivity contribution in [2.45, 2.75) is 12.8 Å². The van der Waals surface area contributed by atoms with Crippen molar-refractivity contribution in [2.24, 2.45) is 16.8 Å². The number of amides is 1. The van der Waals surface area contributed by atoms with Crippen LogP contribution in [0.3, 0.4) is 0 Å². The van der Waals surface area contributed by atoms with E-state index in [1.807, 2.05) is 0 Å². The summed E-state index contributed by atoms with van der Waals surface area (Å²) in [5.41, 5.74) is 5.29. The molecule has 0 spiro atoms. The van der Waals surface area contributed by atoms with Crippen molar-refractivity contribution in [3.8, 4) is 0 Å². The number of nitrogens with zero attached hydrogens (tertiary/aromatic N) is 3. The SMILES string of the molecule is CN1CCC(CN(C)C(=O)CC(N)=NO)C1. The van der Waals surface area contributed by atoms with Gasteiger partial charge in [-0.1, -0.05) is 5.16 Å². The van der Waals surface area contributed by atoms with Gasteiger partial charge in [-0.15, -0.1) is 0 Å². The molecule has 6 heteroatoms. The quantitative estimate of drug-likeness (QED) is 0.295. The molecule has 1 atom stereocenters. The van der Waals surface area contributed by atoms with E-state index in [4.69, 9.17) is 10.9 Å². The van der Waals surface area contributed by atoms with E-state index in [1.54, 1.807) is 11.9 Å². The summed E-state index contributed by atoms with van der Waals surface area (Å²) in [4.78, 5) is 15.5. The predicted octanol–water partition coefficient (Wildman–Crippen LogP) is -0.467. The Labute approximate surface area is 95.7 Å². The molecule has 0 aromatic rings. The minimum atomic E-state index is -0.107. The van der Waals surface area contributed by atoms with Gasteiger partial charge in [-0.05, 0) is 25.9 Å². The topological polar surface area (TPSA) is 82.2 Å². The van der Waals surface area contributed by atoms with Crippen molar-refractivity contribution in [1.82, 2.24) is 9.80 Å². The Morgan fingerprint density at radius 2 is 2.38 bits per heavy atom. The Kier molecular flexibility index (Phi) is 4.54. The lowest BCUT2D eigenvalue weighted by Crippen LogP contribution is -2.35. The number of carbonyl (C=O) groups is 1. The fraction of sp³-hybridized carbons (Fsp3) is 0.800. The second-order valence-electron chi connectivity index (χ2n) is 4.46. The van der Waals surface area contributed by atoms with Crippen LogP contribution in [0.2, 0.25) is 0 Å². The number of oxime groups is 1. The van der Waals surface area contributed by atoms with E-state index in [2.05, 4.69) is 17.1 Å². The van der Waals surface area contributed by atoms with Crippen molar-refractivity contribution < 1.29 is 10.0 Å². The van der Waals surface area contributed by atoms with Gasteiger partial charge in [0.05, 0.1) is 6.42 Å². The summed E-state index contributed by atoms with van der Waals surface area (Å²) in [6, 6.07) is 0. The van der Waals surface area contributed by atoms with Gasteiger partial charge in [0, 0.05) is 20.1 Å². The van der Waals surface area contributed by atoms with Crippen LogP contribution in [-0.2, 0) is 4.79 Å². The maximum Gasteiger partial charge on any atom is 0.230 e. The molecule has 1 aliphatic heterocycles. The monoisotopic (exact) mass is 228 g/mol. The van der Waals surface area contributed by atoms with Crippen LogP contribution in [0.4, 0.5) is 0 Å². The van der Waals surface area contributed by atoms with Crippen LogP contribution < -0.4 is 5.73 Å². The molecule has 0 aliphatic carbocycles. The molecule has 0 bridgehead atoms. The van der Waals surface area contributed by atoms with E-state index < -0.39 is 0 Å². The van der Waals surface area contributed by atoms with Gasteiger partial charge in [0.1, 0.15) is 5.84 Å². The van der Waals surface area contributed by atoms with Gasteiger partial charge in [0.15, 0.2) is 0 Å². The molecule has 1 heterocycles. The summed E-state index contributed by atoms with van der Waals surface area (Å²) in [5.74, 6) is 0.386. The molecule has 1 rings (SSSR count). The number of nitrogens with two attached hydrogens (primary N) is 1. The highest BCUT2D eigenvalue weighted by molar-refractivity contribution is 5.98. The summed E-state index contributed by atoms with van der Waals surface area (Å²) in [5, 5.41) is 11.2. The van der Waals surface area contributed by atoms with E-state index in [-0.39, 0.29) is 18.2 Å². The zero-order valence-corrected chi connectivity index (χ0v) is 9.89. The number of likely N-dealkylation sites (tertiary alicyclic amines) is 1. The number of carbonyl (C=O) groups excluding carboxylic acids is 1. The van der Waals surface area contributed by atoms with Crippen LogP contribution in [-0.4, -0.2) is 60.5 Å². The standard InChI is InChI=1S/C10H20N4O2/c1-13-4-3-8(6-13)7-14(2)10(15)5-9(11)12-16/h8,16H,3-7H2,1-2H3,(H2,11,12). The second-order valence-corrected chi connectivity index (χ2v) is 4.46. The van der Waals surface area contributed by atoms with Crippen molar-refractivity contribution in [2.75, 3.05) is 33.7 Å². The minimum Gasteiger partial charge on any atom is -0.409 e. The van der Waals surface area contributed by atoms with Crippen LogP contribution >= 0.6 is 0 Å². The van der Waals surface area contributed by atoms with Crippen LogP contribution in [0.5, 0.6) is 0 Å². The van der Waals surface area contributed by atoms with Gasteiger partial charge in [-0.3, -0.25) is 4.79 Å². The molecule has 16 heavy (non-hydrogen) atoms. The van der Waals surface area contributed by atoms with Crippen LogP contribution in [0.15, 0.2) is 5.16 Å². The fourth-order valence-corrected chi connectivity index (χ4v) is 1.99. The zero-order valence-electron chi connectivity index (χ0n) is 9.89. The number of amidine groups is 1.